The fraction of sp³-hybridized carbons (Fsp3) is 0.619. The van der Waals surface area contributed by atoms with E-state index in [1.165, 1.54) is 13.8 Å². The van der Waals surface area contributed by atoms with Crippen molar-refractivity contribution in [2.75, 3.05) is 24.4 Å². The van der Waals surface area contributed by atoms with E-state index < -0.39 is 62.1 Å². The van der Waals surface area contributed by atoms with Gasteiger partial charge in [-0.2, -0.15) is 8.42 Å². The predicted octanol–water partition coefficient (Wildman–Crippen LogP) is 1.83. The van der Waals surface area contributed by atoms with Crippen LogP contribution in [-0.2, 0) is 54.5 Å². The lowest BCUT2D eigenvalue weighted by molar-refractivity contribution is -0.198. The largest absolute Gasteiger partial charge is 0.426 e. The number of sulfone groups is 1. The molecule has 0 fully saturated rings. The summed E-state index contributed by atoms with van der Waals surface area (Å²) in [4.78, 5) is 23.9. The molecule has 1 rings (SSSR count). The zero-order valence-electron chi connectivity index (χ0n) is 19.5. The Kier molecular flexibility index (Phi) is 10.9. The first-order chi connectivity index (χ1) is 15.1. The van der Waals surface area contributed by atoms with Crippen molar-refractivity contribution >= 4 is 31.9 Å². The molecule has 0 heterocycles. The Labute approximate surface area is 195 Å². The molecule has 0 spiro atoms. The first-order valence-corrected chi connectivity index (χ1v) is 13.8. The van der Waals surface area contributed by atoms with E-state index in [0.717, 1.165) is 11.8 Å². The van der Waals surface area contributed by atoms with Gasteiger partial charge in [0.15, 0.2) is 6.10 Å². The Balaban J connectivity index is 2.91. The highest BCUT2D eigenvalue weighted by Gasteiger charge is 2.40. The van der Waals surface area contributed by atoms with E-state index in [1.807, 2.05) is 6.07 Å². The van der Waals surface area contributed by atoms with E-state index in [9.17, 15) is 26.4 Å². The maximum atomic E-state index is 12.8. The molecule has 0 amide bonds. The molecule has 188 valence electrons. The minimum atomic E-state index is -4.04. The second-order valence-electron chi connectivity index (χ2n) is 8.29. The van der Waals surface area contributed by atoms with Crippen LogP contribution in [0.1, 0.15) is 39.7 Å². The summed E-state index contributed by atoms with van der Waals surface area (Å²) in [7, 11) is -7.35. The molecule has 0 aliphatic rings. The fourth-order valence-electron chi connectivity index (χ4n) is 2.72. The Morgan fingerprint density at radius 1 is 1.00 bits per heavy atom. The van der Waals surface area contributed by atoms with Gasteiger partial charge in [-0.25, -0.2) is 13.2 Å². The minimum absolute atomic E-state index is 0.0348. The average molecular weight is 509 g/mol. The third kappa shape index (κ3) is 12.1. The molecule has 33 heavy (non-hydrogen) atoms. The second-order valence-corrected chi connectivity index (χ2v) is 12.3. The molecule has 2 atom stereocenters. The van der Waals surface area contributed by atoms with E-state index in [-0.39, 0.29) is 18.8 Å². The number of carbonyl (C=O) groups is 2. The van der Waals surface area contributed by atoms with Gasteiger partial charge in [0.25, 0.3) is 10.1 Å². The Morgan fingerprint density at radius 3 is 2.15 bits per heavy atom. The molecular weight excluding hydrogens is 476 g/mol. The summed E-state index contributed by atoms with van der Waals surface area (Å²) in [5.74, 6) is -2.27. The van der Waals surface area contributed by atoms with Crippen molar-refractivity contribution in [1.82, 2.24) is 0 Å². The number of benzene rings is 1. The normalized spacial score (nSPS) is 14.3. The van der Waals surface area contributed by atoms with Crippen molar-refractivity contribution in [2.45, 2.75) is 53.1 Å². The van der Waals surface area contributed by atoms with Gasteiger partial charge in [0.2, 0.25) is 6.29 Å². The highest BCUT2D eigenvalue weighted by atomic mass is 32.2. The average Bonchev–Trinajstić information content (AvgIpc) is 2.65. The Bertz CT molecular complexity index is 985. The molecular formula is C21H32O10S2. The van der Waals surface area contributed by atoms with Crippen LogP contribution in [0.5, 0.6) is 0 Å². The van der Waals surface area contributed by atoms with Gasteiger partial charge < -0.3 is 14.2 Å². The van der Waals surface area contributed by atoms with Crippen molar-refractivity contribution in [3.8, 4) is 0 Å². The van der Waals surface area contributed by atoms with E-state index >= 15 is 0 Å². The SMILES string of the molecule is CC(=O)OC(C)OC(=O)C(OCc1ccccc1)C(C)(C)COS(=O)(=O)CCCS(C)(=O)=O. The highest BCUT2D eigenvalue weighted by molar-refractivity contribution is 7.90. The van der Waals surface area contributed by atoms with Crippen molar-refractivity contribution < 1.29 is 44.8 Å². The zero-order valence-corrected chi connectivity index (χ0v) is 21.1. The molecule has 0 N–H and O–H groups in total. The van der Waals surface area contributed by atoms with E-state index in [2.05, 4.69) is 0 Å². The van der Waals surface area contributed by atoms with Crippen LogP contribution >= 0.6 is 0 Å². The smallest absolute Gasteiger partial charge is 0.338 e. The maximum absolute atomic E-state index is 12.8. The number of esters is 2. The number of hydrogen-bond acceptors (Lipinski definition) is 10. The molecule has 0 saturated heterocycles. The van der Waals surface area contributed by atoms with Crippen LogP contribution in [0.3, 0.4) is 0 Å². The van der Waals surface area contributed by atoms with Crippen LogP contribution in [-0.4, -0.2) is 65.5 Å². The Morgan fingerprint density at radius 2 is 1.61 bits per heavy atom. The number of rotatable bonds is 14. The van der Waals surface area contributed by atoms with Crippen molar-refractivity contribution in [1.29, 1.82) is 0 Å². The minimum Gasteiger partial charge on any atom is -0.426 e. The number of carbonyl (C=O) groups excluding carboxylic acids is 2. The van der Waals surface area contributed by atoms with E-state index in [0.29, 0.717) is 0 Å². The summed E-state index contributed by atoms with van der Waals surface area (Å²) in [5, 5.41) is 0. The summed E-state index contributed by atoms with van der Waals surface area (Å²) >= 11 is 0. The van der Waals surface area contributed by atoms with Crippen molar-refractivity contribution in [2.24, 2.45) is 5.41 Å². The molecule has 0 aliphatic carbocycles. The summed E-state index contributed by atoms with van der Waals surface area (Å²) in [5.41, 5.74) is -0.403. The van der Waals surface area contributed by atoms with Gasteiger partial charge in [-0.3, -0.25) is 8.98 Å². The quantitative estimate of drug-likeness (QED) is 0.208. The van der Waals surface area contributed by atoms with Gasteiger partial charge in [-0.1, -0.05) is 44.2 Å². The van der Waals surface area contributed by atoms with Crippen LogP contribution in [0.4, 0.5) is 0 Å². The molecule has 0 bridgehead atoms. The lowest BCUT2D eigenvalue weighted by atomic mass is 9.87. The van der Waals surface area contributed by atoms with Crippen molar-refractivity contribution in [3.05, 3.63) is 35.9 Å². The summed E-state index contributed by atoms with van der Waals surface area (Å²) in [6, 6.07) is 9.00. The van der Waals surface area contributed by atoms with Crippen LogP contribution in [0.2, 0.25) is 0 Å². The van der Waals surface area contributed by atoms with Crippen molar-refractivity contribution in [3.63, 3.8) is 0 Å². The second kappa shape index (κ2) is 12.4. The standard InChI is InChI=1S/C21H32O10S2/c1-16(22)30-17(2)31-20(23)19(28-14-18-10-7-6-8-11-18)21(3,4)15-29-33(26,27)13-9-12-32(5,24)25/h6-8,10-11,17,19H,9,12-15H2,1-5H3. The molecule has 0 aliphatic heterocycles. The summed E-state index contributed by atoms with van der Waals surface area (Å²) < 4.78 is 67.6. The van der Waals surface area contributed by atoms with Gasteiger partial charge in [-0.15, -0.1) is 0 Å². The van der Waals surface area contributed by atoms with E-state index in [4.69, 9.17) is 18.4 Å². The molecule has 0 radical (unpaired) electrons. The molecule has 0 aromatic heterocycles. The lowest BCUT2D eigenvalue weighted by Crippen LogP contribution is -2.44. The topological polar surface area (TPSA) is 139 Å². The van der Waals surface area contributed by atoms with Crippen LogP contribution < -0.4 is 0 Å². The van der Waals surface area contributed by atoms with Gasteiger partial charge in [0, 0.05) is 25.5 Å². The van der Waals surface area contributed by atoms with Gasteiger partial charge in [0.05, 0.1) is 24.7 Å². The summed E-state index contributed by atoms with van der Waals surface area (Å²) in [6.07, 6.45) is -1.53. The number of ether oxygens (including phenoxy) is 3. The fourth-order valence-corrected chi connectivity index (χ4v) is 4.67. The maximum Gasteiger partial charge on any atom is 0.338 e. The highest BCUT2D eigenvalue weighted by Crippen LogP contribution is 2.27. The van der Waals surface area contributed by atoms with Crippen LogP contribution in [0, 0.1) is 5.41 Å². The monoisotopic (exact) mass is 508 g/mol. The Hall–Kier alpha value is -2.02. The van der Waals surface area contributed by atoms with Gasteiger partial charge >= 0.3 is 11.9 Å². The third-order valence-electron chi connectivity index (χ3n) is 4.32. The third-order valence-corrected chi connectivity index (χ3v) is 6.61. The molecule has 2 unspecified atom stereocenters. The predicted molar refractivity (Wildman–Crippen MR) is 120 cm³/mol. The van der Waals surface area contributed by atoms with E-state index in [1.54, 1.807) is 38.1 Å². The number of hydrogen-bond donors (Lipinski definition) is 0. The molecule has 1 aromatic rings. The molecule has 0 saturated carbocycles. The lowest BCUT2D eigenvalue weighted by Gasteiger charge is -2.32. The molecule has 12 heteroatoms. The first-order valence-electron chi connectivity index (χ1n) is 10.2. The first kappa shape index (κ1) is 29.0. The van der Waals surface area contributed by atoms with Gasteiger partial charge in [0.1, 0.15) is 9.84 Å². The molecule has 1 aromatic carbocycles. The van der Waals surface area contributed by atoms with Crippen LogP contribution in [0.15, 0.2) is 30.3 Å². The van der Waals surface area contributed by atoms with Crippen LogP contribution in [0.25, 0.3) is 0 Å². The summed E-state index contributed by atoms with van der Waals surface area (Å²) in [6.45, 7) is 5.26. The van der Waals surface area contributed by atoms with Gasteiger partial charge in [-0.05, 0) is 12.0 Å². The molecule has 10 nitrogen and oxygen atoms in total. The zero-order chi connectivity index (χ0) is 25.3.